The van der Waals surface area contributed by atoms with Gasteiger partial charge in [0.05, 0.1) is 33.2 Å². The molecule has 1 saturated carbocycles. The molecule has 1 N–H and O–H groups in total. The maximum absolute atomic E-state index is 13.2. The second-order valence-corrected chi connectivity index (χ2v) is 9.69. The minimum absolute atomic E-state index is 0.115. The number of carbonyl (C=O) groups is 3. The van der Waals surface area contributed by atoms with Crippen LogP contribution in [0.5, 0.6) is 0 Å². The lowest BCUT2D eigenvalue weighted by Gasteiger charge is -2.34. The molecule has 0 spiro atoms. The maximum Gasteiger partial charge on any atom is 0.337 e. The maximum atomic E-state index is 13.2. The van der Waals surface area contributed by atoms with Gasteiger partial charge >= 0.3 is 5.97 Å². The highest BCUT2D eigenvalue weighted by Gasteiger charge is 2.87. The number of rotatable bonds is 2. The van der Waals surface area contributed by atoms with E-state index in [1.165, 1.54) is 24.3 Å². The number of anilines is 1. The highest BCUT2D eigenvalue weighted by atomic mass is 35.5. The fraction of sp³-hybridized carbons (Fsp3) is 0.312. The minimum Gasteiger partial charge on any atom is -0.478 e. The Morgan fingerprint density at radius 1 is 0.926 bits per heavy atom. The predicted molar refractivity (Wildman–Crippen MR) is 103 cm³/mol. The van der Waals surface area contributed by atoms with Crippen molar-refractivity contribution in [2.24, 2.45) is 11.8 Å². The lowest BCUT2D eigenvalue weighted by molar-refractivity contribution is -0.123. The van der Waals surface area contributed by atoms with E-state index in [1.54, 1.807) is 0 Å². The predicted octanol–water partition coefficient (Wildman–Crippen LogP) is 4.34. The van der Waals surface area contributed by atoms with Crippen LogP contribution in [-0.4, -0.2) is 37.0 Å². The first kappa shape index (κ1) is 19.6. The summed E-state index contributed by atoms with van der Waals surface area (Å²) in [4.78, 5) is 34.7. The van der Waals surface area contributed by atoms with E-state index < -0.39 is 43.7 Å². The Labute approximate surface area is 182 Å². The standard InChI is InChI=1S/C16H7Cl6NO4/c17-9-10(18)15(20)8-7(14(9,19)16(15,21)22)11(24)23(12(8)25)6-4-2-1-3-5(6)13(26)27/h1-4,7-8H,(H,26,27)/t7-,8-,14-,15-/m0/s1. The number of benzene rings is 1. The number of nitrogens with zero attached hydrogens (tertiary/aromatic N) is 1. The molecule has 3 aliphatic rings. The summed E-state index contributed by atoms with van der Waals surface area (Å²) in [5.74, 6) is -5.54. The Hall–Kier alpha value is -0.690. The van der Waals surface area contributed by atoms with Gasteiger partial charge < -0.3 is 5.11 Å². The number of aromatic carboxylic acids is 1. The van der Waals surface area contributed by atoms with E-state index in [4.69, 9.17) is 69.6 Å². The normalized spacial score (nSPS) is 36.6. The second kappa shape index (κ2) is 5.68. The molecule has 4 atom stereocenters. The summed E-state index contributed by atoms with van der Waals surface area (Å²) in [6, 6.07) is 5.55. The van der Waals surface area contributed by atoms with Crippen LogP contribution in [-0.2, 0) is 9.59 Å². The molecule has 4 rings (SSSR count). The largest absolute Gasteiger partial charge is 0.478 e. The zero-order valence-corrected chi connectivity index (χ0v) is 17.4. The van der Waals surface area contributed by atoms with Crippen molar-refractivity contribution < 1.29 is 19.5 Å². The first-order valence-corrected chi connectivity index (χ1v) is 9.72. The van der Waals surface area contributed by atoms with Crippen molar-refractivity contribution in [3.8, 4) is 0 Å². The van der Waals surface area contributed by atoms with Crippen molar-refractivity contribution in [3.63, 3.8) is 0 Å². The highest BCUT2D eigenvalue weighted by Crippen LogP contribution is 2.77. The highest BCUT2D eigenvalue weighted by molar-refractivity contribution is 6.67. The van der Waals surface area contributed by atoms with Gasteiger partial charge in [-0.3, -0.25) is 9.59 Å². The molecule has 11 heteroatoms. The number of amides is 2. The fourth-order valence-electron chi connectivity index (χ4n) is 4.08. The number of imide groups is 1. The van der Waals surface area contributed by atoms with Crippen LogP contribution in [0.15, 0.2) is 34.3 Å². The molecule has 0 radical (unpaired) electrons. The van der Waals surface area contributed by atoms with Gasteiger partial charge in [0.25, 0.3) is 0 Å². The number of alkyl halides is 4. The van der Waals surface area contributed by atoms with Crippen molar-refractivity contribution in [1.82, 2.24) is 0 Å². The third kappa shape index (κ3) is 1.93. The third-order valence-electron chi connectivity index (χ3n) is 5.28. The summed E-state index contributed by atoms with van der Waals surface area (Å²) < 4.78 is -2.03. The van der Waals surface area contributed by atoms with Gasteiger partial charge in [-0.1, -0.05) is 58.5 Å². The van der Waals surface area contributed by atoms with Gasteiger partial charge in [-0.15, -0.1) is 23.2 Å². The van der Waals surface area contributed by atoms with Crippen molar-refractivity contribution in [2.45, 2.75) is 14.1 Å². The zero-order chi connectivity index (χ0) is 20.1. The van der Waals surface area contributed by atoms with Crippen LogP contribution in [0.25, 0.3) is 0 Å². The molecule has 1 aliphatic heterocycles. The van der Waals surface area contributed by atoms with E-state index in [0.717, 1.165) is 4.90 Å². The number of fused-ring (bicyclic) bond motifs is 5. The van der Waals surface area contributed by atoms with Crippen LogP contribution in [0, 0.1) is 11.8 Å². The van der Waals surface area contributed by atoms with Gasteiger partial charge in [-0.25, -0.2) is 9.69 Å². The Balaban J connectivity index is 1.93. The number of carboxylic acid groups (broad SMARTS) is 1. The molecule has 142 valence electrons. The van der Waals surface area contributed by atoms with Crippen molar-refractivity contribution in [3.05, 3.63) is 39.9 Å². The quantitative estimate of drug-likeness (QED) is 0.495. The van der Waals surface area contributed by atoms with Gasteiger partial charge in [0, 0.05) is 0 Å². The first-order valence-electron chi connectivity index (χ1n) is 7.46. The summed E-state index contributed by atoms with van der Waals surface area (Å²) in [5.41, 5.74) is -0.358. The molecule has 1 saturated heterocycles. The topological polar surface area (TPSA) is 74.7 Å². The second-order valence-electron chi connectivity index (χ2n) is 6.42. The molecule has 27 heavy (non-hydrogen) atoms. The number of carbonyl (C=O) groups excluding carboxylic acids is 2. The smallest absolute Gasteiger partial charge is 0.337 e. The fourth-order valence-corrected chi connectivity index (χ4v) is 7.01. The summed E-state index contributed by atoms with van der Waals surface area (Å²) in [6.07, 6.45) is 0. The summed E-state index contributed by atoms with van der Waals surface area (Å²) in [5, 5.41) is 8.98. The Morgan fingerprint density at radius 2 is 1.37 bits per heavy atom. The van der Waals surface area contributed by atoms with E-state index >= 15 is 0 Å². The van der Waals surface area contributed by atoms with E-state index in [-0.39, 0.29) is 21.3 Å². The monoisotopic (exact) mass is 487 g/mol. The van der Waals surface area contributed by atoms with Gasteiger partial charge in [0.15, 0.2) is 4.33 Å². The summed E-state index contributed by atoms with van der Waals surface area (Å²) >= 11 is 38.4. The third-order valence-corrected chi connectivity index (χ3v) is 9.54. The number of halogens is 6. The van der Waals surface area contributed by atoms with Crippen molar-refractivity contribution >= 4 is 93.1 Å². The van der Waals surface area contributed by atoms with Gasteiger partial charge in [-0.05, 0) is 12.1 Å². The van der Waals surface area contributed by atoms with Gasteiger partial charge in [0.1, 0.15) is 9.75 Å². The summed E-state index contributed by atoms with van der Waals surface area (Å²) in [7, 11) is 0. The summed E-state index contributed by atoms with van der Waals surface area (Å²) in [6.45, 7) is 0. The molecule has 1 heterocycles. The Kier molecular flexibility index (Phi) is 4.13. The number of para-hydroxylation sites is 1. The van der Waals surface area contributed by atoms with Crippen LogP contribution in [0.1, 0.15) is 10.4 Å². The van der Waals surface area contributed by atoms with Crippen LogP contribution in [0.3, 0.4) is 0 Å². The van der Waals surface area contributed by atoms with Gasteiger partial charge in [0.2, 0.25) is 11.8 Å². The number of hydrogen-bond acceptors (Lipinski definition) is 3. The molecule has 2 bridgehead atoms. The molecule has 5 nitrogen and oxygen atoms in total. The van der Waals surface area contributed by atoms with E-state index in [2.05, 4.69) is 0 Å². The molecule has 1 aromatic rings. The van der Waals surface area contributed by atoms with E-state index in [1.807, 2.05) is 0 Å². The average molecular weight is 490 g/mol. The number of hydrogen-bond donors (Lipinski definition) is 1. The van der Waals surface area contributed by atoms with Gasteiger partial charge in [-0.2, -0.15) is 0 Å². The Bertz CT molecular complexity index is 931. The molecule has 2 amide bonds. The zero-order valence-electron chi connectivity index (χ0n) is 12.9. The van der Waals surface area contributed by atoms with E-state index in [0.29, 0.717) is 0 Å². The molecule has 2 fully saturated rings. The molecular weight excluding hydrogens is 483 g/mol. The SMILES string of the molecule is O=C(O)c1ccccc1N1C(=O)[C@@H]2[C@@H](C1=O)[C@]1(Cl)C(Cl)=C(Cl)[C@]2(Cl)C1(Cl)Cl. The number of allylic oxidation sites excluding steroid dienone is 2. The Morgan fingerprint density at radius 3 is 1.81 bits per heavy atom. The van der Waals surface area contributed by atoms with Crippen molar-refractivity contribution in [1.29, 1.82) is 0 Å². The molecule has 0 aromatic heterocycles. The van der Waals surface area contributed by atoms with Crippen LogP contribution < -0.4 is 4.90 Å². The van der Waals surface area contributed by atoms with Crippen molar-refractivity contribution in [2.75, 3.05) is 4.90 Å². The van der Waals surface area contributed by atoms with E-state index in [9.17, 15) is 19.5 Å². The molecule has 0 unspecified atom stereocenters. The van der Waals surface area contributed by atoms with Crippen LogP contribution >= 0.6 is 69.6 Å². The number of carboxylic acids is 1. The molecule has 1 aromatic carbocycles. The molecule has 2 aliphatic carbocycles. The lowest BCUT2D eigenvalue weighted by Crippen LogP contribution is -2.50. The average Bonchev–Trinajstić information content (AvgIpc) is 2.99. The first-order chi connectivity index (χ1) is 12.4. The lowest BCUT2D eigenvalue weighted by atomic mass is 9.84. The molecular formula is C16H7Cl6NO4. The van der Waals surface area contributed by atoms with Crippen LogP contribution in [0.4, 0.5) is 5.69 Å². The van der Waals surface area contributed by atoms with Crippen LogP contribution in [0.2, 0.25) is 0 Å². The minimum atomic E-state index is -2.03.